The fourth-order valence-corrected chi connectivity index (χ4v) is 6.03. The molecule has 0 radical (unpaired) electrons. The molecule has 2 amide bonds. The Balaban J connectivity index is 1.46. The van der Waals surface area contributed by atoms with Crippen molar-refractivity contribution in [3.8, 4) is 0 Å². The van der Waals surface area contributed by atoms with Gasteiger partial charge in [0.05, 0.1) is 18.6 Å². The number of carbonyl (C=O) groups excluding carboxylic acids is 3. The van der Waals surface area contributed by atoms with Gasteiger partial charge in [-0.3, -0.25) is 4.79 Å². The van der Waals surface area contributed by atoms with Crippen LogP contribution in [0.4, 0.5) is 9.59 Å². The van der Waals surface area contributed by atoms with Gasteiger partial charge in [0.1, 0.15) is 18.8 Å². The molecule has 2 saturated heterocycles. The molecule has 5 atom stereocenters. The quantitative estimate of drug-likeness (QED) is 0.276. The van der Waals surface area contributed by atoms with Gasteiger partial charge in [0.2, 0.25) is 0 Å². The van der Waals surface area contributed by atoms with Gasteiger partial charge in [0, 0.05) is 45.2 Å². The molecular formula is C35H51N3O8. The maximum atomic E-state index is 13.0. The third-order valence-electron chi connectivity index (χ3n) is 9.14. The Bertz CT molecular complexity index is 1240. The minimum Gasteiger partial charge on any atom is -0.457 e. The van der Waals surface area contributed by atoms with Gasteiger partial charge in [-0.25, -0.2) is 9.59 Å². The maximum absolute atomic E-state index is 13.0. The predicted octanol–water partition coefficient (Wildman–Crippen LogP) is 4.22. The molecule has 3 heterocycles. The van der Waals surface area contributed by atoms with Crippen molar-refractivity contribution in [3.05, 3.63) is 53.1 Å². The molecule has 4 rings (SSSR count). The number of aliphatic hydroxyl groups is 2. The van der Waals surface area contributed by atoms with E-state index in [0.29, 0.717) is 51.9 Å². The van der Waals surface area contributed by atoms with Gasteiger partial charge in [0.25, 0.3) is 0 Å². The molecule has 3 aliphatic rings. The summed E-state index contributed by atoms with van der Waals surface area (Å²) >= 11 is 0. The van der Waals surface area contributed by atoms with Crippen LogP contribution in [-0.4, -0.2) is 114 Å². The van der Waals surface area contributed by atoms with E-state index < -0.39 is 30.4 Å². The average molecular weight is 642 g/mol. The Labute approximate surface area is 272 Å². The summed E-state index contributed by atoms with van der Waals surface area (Å²) in [4.78, 5) is 44.0. The Morgan fingerprint density at radius 1 is 0.935 bits per heavy atom. The van der Waals surface area contributed by atoms with Crippen molar-refractivity contribution in [2.75, 3.05) is 46.3 Å². The number of cyclic esters (lactones) is 1. The molecule has 2 fully saturated rings. The summed E-state index contributed by atoms with van der Waals surface area (Å²) in [7, 11) is 2.03. The highest BCUT2D eigenvalue weighted by Gasteiger charge is 2.29. The molecule has 1 aromatic rings. The van der Waals surface area contributed by atoms with Crippen LogP contribution in [0.25, 0.3) is 6.08 Å². The number of esters is 1. The Hall–Kier alpha value is -3.41. The van der Waals surface area contributed by atoms with Gasteiger partial charge in [-0.1, -0.05) is 44.2 Å². The second-order valence-corrected chi connectivity index (χ2v) is 13.1. The fraction of sp³-hybridized carbons (Fsp3) is 0.629. The lowest BCUT2D eigenvalue weighted by atomic mass is 9.91. The van der Waals surface area contributed by atoms with Crippen molar-refractivity contribution in [2.24, 2.45) is 11.8 Å². The van der Waals surface area contributed by atoms with Crippen LogP contribution in [0.5, 0.6) is 0 Å². The first-order valence-electron chi connectivity index (χ1n) is 16.6. The number of amides is 2. The first kappa shape index (κ1) is 35.4. The predicted molar refractivity (Wildman–Crippen MR) is 174 cm³/mol. The number of rotatable bonds is 5. The van der Waals surface area contributed by atoms with Crippen LogP contribution in [0.3, 0.4) is 0 Å². The lowest BCUT2D eigenvalue weighted by Gasteiger charge is -2.33. The number of likely N-dealkylation sites (tertiary alicyclic amines) is 1. The summed E-state index contributed by atoms with van der Waals surface area (Å²) in [5.74, 6) is -0.776. The van der Waals surface area contributed by atoms with Gasteiger partial charge in [-0.05, 0) is 74.4 Å². The Morgan fingerprint density at radius 2 is 1.63 bits per heavy atom. The normalized spacial score (nSPS) is 28.4. The number of ether oxygens (including phenoxy) is 3. The van der Waals surface area contributed by atoms with E-state index in [1.807, 2.05) is 70.3 Å². The molecule has 11 heteroatoms. The van der Waals surface area contributed by atoms with E-state index in [2.05, 4.69) is 4.90 Å². The Morgan fingerprint density at radius 3 is 2.35 bits per heavy atom. The third-order valence-corrected chi connectivity index (χ3v) is 9.14. The number of carbonyl (C=O) groups is 3. The number of hydrogen-bond donors (Lipinski definition) is 2. The number of likely N-dealkylation sites (N-methyl/N-ethyl adjacent to an activating group) is 1. The van der Waals surface area contributed by atoms with E-state index in [-0.39, 0.29) is 37.1 Å². The van der Waals surface area contributed by atoms with Gasteiger partial charge in [-0.15, -0.1) is 0 Å². The molecule has 0 bridgehead atoms. The van der Waals surface area contributed by atoms with E-state index in [4.69, 9.17) is 14.2 Å². The van der Waals surface area contributed by atoms with E-state index in [1.54, 1.807) is 9.80 Å². The number of benzene rings is 1. The summed E-state index contributed by atoms with van der Waals surface area (Å²) in [5.41, 5.74) is 2.48. The van der Waals surface area contributed by atoms with E-state index in [1.165, 1.54) is 0 Å². The zero-order valence-corrected chi connectivity index (χ0v) is 27.7. The topological polar surface area (TPSA) is 129 Å². The van der Waals surface area contributed by atoms with Crippen molar-refractivity contribution in [3.63, 3.8) is 0 Å². The molecular weight excluding hydrogens is 590 g/mol. The van der Waals surface area contributed by atoms with Crippen molar-refractivity contribution in [2.45, 2.75) is 83.9 Å². The van der Waals surface area contributed by atoms with Crippen LogP contribution in [0.2, 0.25) is 0 Å². The summed E-state index contributed by atoms with van der Waals surface area (Å²) in [6.07, 6.45) is 4.67. The molecule has 254 valence electrons. The maximum Gasteiger partial charge on any atom is 0.410 e. The van der Waals surface area contributed by atoms with Crippen molar-refractivity contribution >= 4 is 24.2 Å². The van der Waals surface area contributed by atoms with Crippen LogP contribution in [0.15, 0.2) is 42.0 Å². The number of piperidine rings is 1. The van der Waals surface area contributed by atoms with Crippen molar-refractivity contribution < 1.29 is 38.8 Å². The van der Waals surface area contributed by atoms with Crippen LogP contribution in [0.1, 0.15) is 64.0 Å². The van der Waals surface area contributed by atoms with E-state index >= 15 is 0 Å². The van der Waals surface area contributed by atoms with E-state index in [9.17, 15) is 24.6 Å². The standard InChI is InChI=1S/C35H51N3O8/c1-24-8-10-30(40)22-32(41)46-33(25(2)9-11-31(24)45-35(43)38-18-16-36(4)17-19-38)26(3)20-27-6-5-7-28(21-27)23-44-34(42)37-14-12-29(39)13-15-37/h5-7,9,11,20-21,24-25,29-31,33,39-40H,8,10,12-19,22-23H2,1-4H3/b11-9+,26-20+/t24-,25-,30+,31-,33-/m0/s1. The van der Waals surface area contributed by atoms with Gasteiger partial charge in [-0.2, -0.15) is 0 Å². The number of aliphatic hydroxyl groups excluding tert-OH is 2. The van der Waals surface area contributed by atoms with Crippen LogP contribution in [-0.2, 0) is 25.6 Å². The SMILES string of the molecule is C/C(=C\c1cccc(COC(=O)N2CCC(O)CC2)c1)[C@H]1OC(=O)C[C@H](O)CC[C@H](C)[C@@H](OC(=O)N2CCN(C)CC2)/C=C/[C@@H]1C. The zero-order valence-electron chi connectivity index (χ0n) is 27.7. The van der Waals surface area contributed by atoms with Gasteiger partial charge >= 0.3 is 18.2 Å². The second kappa shape index (κ2) is 16.9. The summed E-state index contributed by atoms with van der Waals surface area (Å²) in [5, 5.41) is 20.3. The van der Waals surface area contributed by atoms with E-state index in [0.717, 1.165) is 29.8 Å². The molecule has 46 heavy (non-hydrogen) atoms. The van der Waals surface area contributed by atoms with Crippen LogP contribution < -0.4 is 0 Å². The molecule has 0 aliphatic carbocycles. The minimum absolute atomic E-state index is 0.0570. The highest BCUT2D eigenvalue weighted by atomic mass is 16.6. The molecule has 11 nitrogen and oxygen atoms in total. The second-order valence-electron chi connectivity index (χ2n) is 13.1. The number of piperazine rings is 1. The monoisotopic (exact) mass is 641 g/mol. The average Bonchev–Trinajstić information content (AvgIpc) is 3.03. The Kier molecular flexibility index (Phi) is 13.1. The van der Waals surface area contributed by atoms with Crippen molar-refractivity contribution in [1.82, 2.24) is 14.7 Å². The summed E-state index contributed by atoms with van der Waals surface area (Å²) in [6.45, 7) is 9.74. The third kappa shape index (κ3) is 10.6. The molecule has 3 aliphatic heterocycles. The lowest BCUT2D eigenvalue weighted by Crippen LogP contribution is -2.48. The number of nitrogens with zero attached hydrogens (tertiary/aromatic N) is 3. The van der Waals surface area contributed by atoms with Crippen LogP contribution >= 0.6 is 0 Å². The number of hydrogen-bond acceptors (Lipinski definition) is 9. The molecule has 2 N–H and O–H groups in total. The molecule has 1 aromatic carbocycles. The molecule has 0 unspecified atom stereocenters. The smallest absolute Gasteiger partial charge is 0.410 e. The minimum atomic E-state index is -0.859. The fourth-order valence-electron chi connectivity index (χ4n) is 6.03. The summed E-state index contributed by atoms with van der Waals surface area (Å²) < 4.78 is 17.5. The molecule has 0 spiro atoms. The molecule has 0 aromatic heterocycles. The highest BCUT2D eigenvalue weighted by molar-refractivity contribution is 5.71. The van der Waals surface area contributed by atoms with Crippen molar-refractivity contribution in [1.29, 1.82) is 0 Å². The van der Waals surface area contributed by atoms with Crippen LogP contribution in [0, 0.1) is 11.8 Å². The van der Waals surface area contributed by atoms with Gasteiger partial charge in [0.15, 0.2) is 0 Å². The zero-order chi connectivity index (χ0) is 33.2. The highest BCUT2D eigenvalue weighted by Crippen LogP contribution is 2.26. The first-order valence-corrected chi connectivity index (χ1v) is 16.6. The summed E-state index contributed by atoms with van der Waals surface area (Å²) in [6, 6.07) is 7.62. The first-order chi connectivity index (χ1) is 22.0. The van der Waals surface area contributed by atoms with Gasteiger partial charge < -0.3 is 39.1 Å². The molecule has 0 saturated carbocycles. The largest absolute Gasteiger partial charge is 0.457 e. The lowest BCUT2D eigenvalue weighted by molar-refractivity contribution is -0.151.